The van der Waals surface area contributed by atoms with Gasteiger partial charge in [0.1, 0.15) is 0 Å². The minimum atomic E-state index is -0.889. The fourth-order valence-corrected chi connectivity index (χ4v) is 1.65. The van der Waals surface area contributed by atoms with Crippen LogP contribution < -0.4 is 5.63 Å². The lowest BCUT2D eigenvalue weighted by molar-refractivity contribution is 0.275. The van der Waals surface area contributed by atoms with Gasteiger partial charge in [-0.05, 0) is 41.4 Å². The van der Waals surface area contributed by atoms with Crippen LogP contribution in [-0.4, -0.2) is 4.70 Å². The molecular formula is C10H4Cl4O3. The van der Waals surface area contributed by atoms with E-state index < -0.39 is 10.3 Å². The summed E-state index contributed by atoms with van der Waals surface area (Å²) < 4.78 is 4.01. The molecule has 0 saturated heterocycles. The molecule has 1 aromatic carbocycles. The first-order valence-electron chi connectivity index (χ1n) is 4.14. The van der Waals surface area contributed by atoms with Crippen LogP contribution in [0.4, 0.5) is 4.79 Å². The normalized spacial score (nSPS) is 9.65. The van der Waals surface area contributed by atoms with Crippen molar-refractivity contribution in [2.45, 2.75) is 0 Å². The summed E-state index contributed by atoms with van der Waals surface area (Å²) in [6.07, 6.45) is 0. The van der Waals surface area contributed by atoms with Gasteiger partial charge >= 0.3 is 10.3 Å². The van der Waals surface area contributed by atoms with Gasteiger partial charge in [0.05, 0.1) is 5.02 Å². The van der Waals surface area contributed by atoms with Crippen molar-refractivity contribution in [3.63, 3.8) is 0 Å². The largest absolute Gasteiger partial charge is 0.421 e. The van der Waals surface area contributed by atoms with E-state index in [4.69, 9.17) is 32.4 Å². The first-order chi connectivity index (χ1) is 7.90. The van der Waals surface area contributed by atoms with E-state index in [1.165, 1.54) is 12.1 Å². The van der Waals surface area contributed by atoms with Crippen LogP contribution in [0.3, 0.4) is 0 Å². The Morgan fingerprint density at radius 2 is 1.71 bits per heavy atom. The average molecular weight is 314 g/mol. The lowest BCUT2D eigenvalue weighted by atomic mass is 10.2. The van der Waals surface area contributed by atoms with Crippen molar-refractivity contribution in [3.8, 4) is 0 Å². The molecule has 0 aliphatic rings. The maximum Gasteiger partial charge on any atom is 0.336 e. The van der Waals surface area contributed by atoms with Crippen molar-refractivity contribution in [1.29, 1.82) is 0 Å². The van der Waals surface area contributed by atoms with E-state index in [1.54, 1.807) is 12.1 Å². The second-order valence-corrected chi connectivity index (χ2v) is 4.51. The van der Waals surface area contributed by atoms with Gasteiger partial charge in [-0.15, -0.1) is 0 Å². The number of fused-ring (bicyclic) bond motifs is 1. The lowest BCUT2D eigenvalue weighted by Gasteiger charge is -1.98. The van der Waals surface area contributed by atoms with Gasteiger partial charge in [0.15, 0.2) is 5.58 Å². The first kappa shape index (κ1) is 14.3. The zero-order chi connectivity index (χ0) is 13.0. The molecule has 0 aliphatic heterocycles. The fraction of sp³-hybridized carbons (Fsp3) is 0. The summed E-state index contributed by atoms with van der Waals surface area (Å²) in [5.74, 6) is 0. The molecule has 0 fully saturated rings. The van der Waals surface area contributed by atoms with E-state index in [2.05, 4.69) is 23.2 Å². The Morgan fingerprint density at radius 1 is 1.12 bits per heavy atom. The van der Waals surface area contributed by atoms with Crippen LogP contribution in [0.25, 0.3) is 11.0 Å². The highest BCUT2D eigenvalue weighted by Crippen LogP contribution is 2.26. The first-order valence-corrected chi connectivity index (χ1v) is 5.65. The van der Waals surface area contributed by atoms with Crippen LogP contribution in [-0.2, 0) is 0 Å². The van der Waals surface area contributed by atoms with Gasteiger partial charge in [-0.25, -0.2) is 4.79 Å². The van der Waals surface area contributed by atoms with Crippen LogP contribution in [0.1, 0.15) is 0 Å². The lowest BCUT2D eigenvalue weighted by Crippen LogP contribution is -1.94. The quantitative estimate of drug-likeness (QED) is 0.524. The molecule has 0 aliphatic carbocycles. The predicted octanol–water partition coefficient (Wildman–Crippen LogP) is 4.68. The van der Waals surface area contributed by atoms with Crippen LogP contribution >= 0.6 is 46.4 Å². The standard InChI is InChI=1S/C9H4Cl2O2.CCl2O/c10-6-3-5-1-2-8(12)13-9(5)7(11)4-6;2-1(3)4/h1-4H;. The van der Waals surface area contributed by atoms with E-state index in [9.17, 15) is 4.79 Å². The third-order valence-electron chi connectivity index (χ3n) is 1.64. The minimum Gasteiger partial charge on any atom is -0.421 e. The Bertz CT molecular complexity index is 602. The number of carbonyl (C=O) groups is 1. The Morgan fingerprint density at radius 3 is 2.29 bits per heavy atom. The Hall–Kier alpha value is -0.740. The molecule has 17 heavy (non-hydrogen) atoms. The Kier molecular flexibility index (Phi) is 5.28. The summed E-state index contributed by atoms with van der Waals surface area (Å²) in [7, 11) is 0. The predicted molar refractivity (Wildman–Crippen MR) is 69.6 cm³/mol. The number of halogens is 4. The average Bonchev–Trinajstić information content (AvgIpc) is 2.18. The monoisotopic (exact) mass is 312 g/mol. The van der Waals surface area contributed by atoms with E-state index >= 15 is 0 Å². The molecule has 1 heterocycles. The highest BCUT2D eigenvalue weighted by atomic mass is 35.5. The molecule has 2 rings (SSSR count). The maximum absolute atomic E-state index is 10.9. The third-order valence-corrected chi connectivity index (χ3v) is 2.14. The third kappa shape index (κ3) is 4.56. The number of hydrogen-bond acceptors (Lipinski definition) is 3. The molecule has 0 radical (unpaired) electrons. The molecule has 1 aromatic heterocycles. The van der Waals surface area contributed by atoms with Gasteiger partial charge in [-0.1, -0.05) is 23.2 Å². The van der Waals surface area contributed by atoms with Gasteiger partial charge in [-0.3, -0.25) is 4.79 Å². The fourth-order valence-electron chi connectivity index (χ4n) is 1.10. The van der Waals surface area contributed by atoms with Crippen LogP contribution in [0.2, 0.25) is 10.0 Å². The van der Waals surface area contributed by atoms with Crippen molar-refractivity contribution >= 4 is 62.1 Å². The topological polar surface area (TPSA) is 47.3 Å². The second kappa shape index (κ2) is 6.26. The minimum absolute atomic E-state index is 0.347. The van der Waals surface area contributed by atoms with E-state index in [1.807, 2.05) is 0 Å². The summed E-state index contributed by atoms with van der Waals surface area (Å²) in [6, 6.07) is 6.17. The molecule has 0 unspecified atom stereocenters. The molecule has 3 nitrogen and oxygen atoms in total. The molecule has 0 spiro atoms. The van der Waals surface area contributed by atoms with Gasteiger partial charge in [0.2, 0.25) is 0 Å². The van der Waals surface area contributed by atoms with Gasteiger partial charge in [0.25, 0.3) is 0 Å². The zero-order valence-electron chi connectivity index (χ0n) is 8.05. The maximum atomic E-state index is 10.9. The summed E-state index contributed by atoms with van der Waals surface area (Å²) >= 11 is 20.4. The zero-order valence-corrected chi connectivity index (χ0v) is 11.1. The number of rotatable bonds is 0. The van der Waals surface area contributed by atoms with Crippen molar-refractivity contribution in [2.24, 2.45) is 0 Å². The van der Waals surface area contributed by atoms with Gasteiger partial charge in [0, 0.05) is 16.5 Å². The van der Waals surface area contributed by atoms with Crippen molar-refractivity contribution < 1.29 is 9.21 Å². The SMILES string of the molecule is O=C(Cl)Cl.O=c1ccc2cc(Cl)cc(Cl)c2o1. The molecule has 90 valence electrons. The molecule has 0 N–H and O–H groups in total. The Labute approximate surface area is 116 Å². The second-order valence-electron chi connectivity index (χ2n) is 2.79. The number of hydrogen-bond donors (Lipinski definition) is 0. The number of carbonyl (C=O) groups excluding carboxylic acids is 1. The highest BCUT2D eigenvalue weighted by molar-refractivity contribution is 6.93. The van der Waals surface area contributed by atoms with Crippen LogP contribution in [0.15, 0.2) is 33.5 Å². The van der Waals surface area contributed by atoms with E-state index in [0.29, 0.717) is 15.6 Å². The van der Waals surface area contributed by atoms with Gasteiger partial charge < -0.3 is 4.42 Å². The molecule has 0 atom stereocenters. The summed E-state index contributed by atoms with van der Waals surface area (Å²) in [6.45, 7) is 0. The molecule has 0 saturated carbocycles. The van der Waals surface area contributed by atoms with Crippen molar-refractivity contribution in [1.82, 2.24) is 0 Å². The van der Waals surface area contributed by atoms with Gasteiger partial charge in [-0.2, -0.15) is 0 Å². The van der Waals surface area contributed by atoms with Crippen molar-refractivity contribution in [2.75, 3.05) is 0 Å². The summed E-state index contributed by atoms with van der Waals surface area (Å²) in [4.78, 5) is 19.8. The van der Waals surface area contributed by atoms with Crippen LogP contribution in [0, 0.1) is 0 Å². The summed E-state index contributed by atoms with van der Waals surface area (Å²) in [5, 5.41) is 1.59. The molecule has 2 aromatic rings. The smallest absolute Gasteiger partial charge is 0.336 e. The van der Waals surface area contributed by atoms with Crippen molar-refractivity contribution in [3.05, 3.63) is 44.7 Å². The summed E-state index contributed by atoms with van der Waals surface area (Å²) in [5.41, 5.74) is -0.0460. The van der Waals surface area contributed by atoms with Crippen LogP contribution in [0.5, 0.6) is 0 Å². The number of benzene rings is 1. The molecule has 7 heteroatoms. The Balaban J connectivity index is 0.000000317. The van der Waals surface area contributed by atoms with E-state index in [0.717, 1.165) is 5.39 Å². The molecule has 0 amide bonds. The molecule has 0 bridgehead atoms. The van der Waals surface area contributed by atoms with E-state index in [-0.39, 0.29) is 0 Å². The highest BCUT2D eigenvalue weighted by Gasteiger charge is 2.03. The molecular weight excluding hydrogens is 310 g/mol.